The Hall–Kier alpha value is -1.59. The molecule has 0 unspecified atom stereocenters. The van der Waals surface area contributed by atoms with E-state index >= 15 is 0 Å². The van der Waals surface area contributed by atoms with Gasteiger partial charge in [-0.1, -0.05) is 52.0 Å². The molecule has 0 aliphatic heterocycles. The fraction of sp³-hybridized carbons (Fsp3) is 0.176. The van der Waals surface area contributed by atoms with Gasteiger partial charge in [-0.05, 0) is 36.8 Å². The predicted octanol–water partition coefficient (Wildman–Crippen LogP) is 4.47. The van der Waals surface area contributed by atoms with Crippen molar-refractivity contribution in [1.82, 2.24) is 9.55 Å². The van der Waals surface area contributed by atoms with Crippen LogP contribution in [0.25, 0.3) is 10.9 Å². The average Bonchev–Trinajstić information content (AvgIpc) is 2.54. The maximum Gasteiger partial charge on any atom is 0.262 e. The van der Waals surface area contributed by atoms with Crippen LogP contribution < -0.4 is 5.56 Å². The summed E-state index contributed by atoms with van der Waals surface area (Å²) in [5.74, 6) is 0.790. The largest absolute Gasteiger partial charge is 0.287 e. The first kappa shape index (κ1) is 15.3. The Morgan fingerprint density at radius 3 is 2.59 bits per heavy atom. The Morgan fingerprint density at radius 2 is 1.86 bits per heavy atom. The van der Waals surface area contributed by atoms with Crippen LogP contribution >= 0.6 is 27.7 Å². The number of thioether (sulfide) groups is 1. The van der Waals surface area contributed by atoms with E-state index in [0.717, 1.165) is 20.9 Å². The van der Waals surface area contributed by atoms with Crippen molar-refractivity contribution in [2.45, 2.75) is 24.4 Å². The fourth-order valence-corrected chi connectivity index (χ4v) is 3.55. The maximum absolute atomic E-state index is 12.5. The molecule has 22 heavy (non-hydrogen) atoms. The Bertz CT molecular complexity index is 859. The van der Waals surface area contributed by atoms with E-state index in [1.807, 2.05) is 43.3 Å². The zero-order chi connectivity index (χ0) is 15.5. The molecule has 3 nitrogen and oxygen atoms in total. The van der Waals surface area contributed by atoms with E-state index in [-0.39, 0.29) is 5.56 Å². The van der Waals surface area contributed by atoms with Crippen molar-refractivity contribution in [2.75, 3.05) is 0 Å². The summed E-state index contributed by atoms with van der Waals surface area (Å²) in [6, 6.07) is 15.7. The van der Waals surface area contributed by atoms with Crippen molar-refractivity contribution in [2.24, 2.45) is 0 Å². The Labute approximate surface area is 141 Å². The first-order valence-electron chi connectivity index (χ1n) is 7.06. The van der Waals surface area contributed by atoms with Gasteiger partial charge in [0.05, 0.1) is 10.9 Å². The number of rotatable bonds is 4. The van der Waals surface area contributed by atoms with E-state index in [4.69, 9.17) is 0 Å². The van der Waals surface area contributed by atoms with Crippen LogP contribution in [0, 0.1) is 0 Å². The van der Waals surface area contributed by atoms with E-state index in [9.17, 15) is 4.79 Å². The predicted molar refractivity (Wildman–Crippen MR) is 95.4 cm³/mol. The van der Waals surface area contributed by atoms with Crippen molar-refractivity contribution in [3.05, 3.63) is 68.9 Å². The molecule has 0 amide bonds. The molecule has 3 rings (SSSR count). The van der Waals surface area contributed by atoms with Crippen LogP contribution in [-0.2, 0) is 12.3 Å². The molecular formula is C17H15BrN2OS. The summed E-state index contributed by atoms with van der Waals surface area (Å²) < 4.78 is 2.81. The number of fused-ring (bicyclic) bond motifs is 1. The molecule has 0 N–H and O–H groups in total. The molecule has 112 valence electrons. The lowest BCUT2D eigenvalue weighted by Crippen LogP contribution is -2.22. The number of benzene rings is 2. The highest BCUT2D eigenvalue weighted by molar-refractivity contribution is 9.10. The third-order valence-corrected chi connectivity index (χ3v) is 5.00. The number of hydrogen-bond acceptors (Lipinski definition) is 3. The van der Waals surface area contributed by atoms with Crippen molar-refractivity contribution in [3.8, 4) is 0 Å². The van der Waals surface area contributed by atoms with Crippen LogP contribution in [0.4, 0.5) is 0 Å². The van der Waals surface area contributed by atoms with Gasteiger partial charge in [-0.15, -0.1) is 0 Å². The number of nitrogens with zero attached hydrogens (tertiary/aromatic N) is 2. The monoisotopic (exact) mass is 374 g/mol. The standard InChI is InChI=1S/C17H15BrN2OS/c1-2-20-16(21)14-5-3-4-6-15(14)19-17(20)22-11-12-7-9-13(18)10-8-12/h3-10H,2,11H2,1H3. The lowest BCUT2D eigenvalue weighted by Gasteiger charge is -2.11. The second-order valence-corrected chi connectivity index (χ2v) is 6.73. The SMILES string of the molecule is CCn1c(SCc2ccc(Br)cc2)nc2ccccc2c1=O. The van der Waals surface area contributed by atoms with Gasteiger partial charge < -0.3 is 0 Å². The molecule has 0 radical (unpaired) electrons. The highest BCUT2D eigenvalue weighted by Gasteiger charge is 2.10. The van der Waals surface area contributed by atoms with Gasteiger partial charge in [-0.2, -0.15) is 0 Å². The Morgan fingerprint density at radius 1 is 1.14 bits per heavy atom. The van der Waals surface area contributed by atoms with Crippen molar-refractivity contribution in [3.63, 3.8) is 0 Å². The third-order valence-electron chi connectivity index (χ3n) is 3.42. The molecule has 0 aliphatic rings. The molecule has 0 aliphatic carbocycles. The molecule has 5 heteroatoms. The summed E-state index contributed by atoms with van der Waals surface area (Å²) in [6.45, 7) is 2.60. The smallest absolute Gasteiger partial charge is 0.262 e. The van der Waals surface area contributed by atoms with Crippen LogP contribution in [0.3, 0.4) is 0 Å². The highest BCUT2D eigenvalue weighted by Crippen LogP contribution is 2.23. The zero-order valence-corrected chi connectivity index (χ0v) is 14.5. The summed E-state index contributed by atoms with van der Waals surface area (Å²) >= 11 is 5.03. The summed E-state index contributed by atoms with van der Waals surface area (Å²) in [4.78, 5) is 17.2. The van der Waals surface area contributed by atoms with Gasteiger partial charge >= 0.3 is 0 Å². The highest BCUT2D eigenvalue weighted by atomic mass is 79.9. The molecule has 0 spiro atoms. The summed E-state index contributed by atoms with van der Waals surface area (Å²) in [5, 5.41) is 1.45. The van der Waals surface area contributed by atoms with Gasteiger partial charge in [0, 0.05) is 16.8 Å². The molecule has 0 atom stereocenters. The van der Waals surface area contributed by atoms with Gasteiger partial charge in [0.2, 0.25) is 0 Å². The second kappa shape index (κ2) is 6.67. The second-order valence-electron chi connectivity index (χ2n) is 4.88. The lowest BCUT2D eigenvalue weighted by molar-refractivity contribution is 0.634. The topological polar surface area (TPSA) is 34.9 Å². The molecule has 0 saturated carbocycles. The van der Waals surface area contributed by atoms with Crippen LogP contribution in [0.1, 0.15) is 12.5 Å². The summed E-state index contributed by atoms with van der Waals surface area (Å²) in [5.41, 5.74) is 2.00. The summed E-state index contributed by atoms with van der Waals surface area (Å²) in [6.07, 6.45) is 0. The average molecular weight is 375 g/mol. The van der Waals surface area contributed by atoms with Gasteiger partial charge in [0.15, 0.2) is 5.16 Å². The van der Waals surface area contributed by atoms with E-state index in [1.165, 1.54) is 5.56 Å². The van der Waals surface area contributed by atoms with Crippen LogP contribution in [0.2, 0.25) is 0 Å². The van der Waals surface area contributed by atoms with Gasteiger partial charge in [0.1, 0.15) is 0 Å². The Balaban J connectivity index is 1.95. The van der Waals surface area contributed by atoms with Crippen molar-refractivity contribution >= 4 is 38.6 Å². The molecule has 1 aromatic heterocycles. The minimum absolute atomic E-state index is 0.0337. The van der Waals surface area contributed by atoms with E-state index in [0.29, 0.717) is 11.9 Å². The molecular weight excluding hydrogens is 360 g/mol. The molecule has 3 aromatic rings. The van der Waals surface area contributed by atoms with E-state index in [1.54, 1.807) is 16.3 Å². The van der Waals surface area contributed by atoms with E-state index < -0.39 is 0 Å². The lowest BCUT2D eigenvalue weighted by atomic mass is 10.2. The zero-order valence-electron chi connectivity index (χ0n) is 12.1. The van der Waals surface area contributed by atoms with Gasteiger partial charge in [-0.25, -0.2) is 4.98 Å². The third kappa shape index (κ3) is 3.10. The first-order valence-corrected chi connectivity index (χ1v) is 8.83. The normalized spacial score (nSPS) is 11.0. The molecule has 1 heterocycles. The molecule has 2 aromatic carbocycles. The fourth-order valence-electron chi connectivity index (χ4n) is 2.27. The number of halogens is 1. The van der Waals surface area contributed by atoms with E-state index in [2.05, 4.69) is 33.0 Å². The molecule has 0 bridgehead atoms. The van der Waals surface area contributed by atoms with Crippen molar-refractivity contribution < 1.29 is 0 Å². The number of hydrogen-bond donors (Lipinski definition) is 0. The minimum Gasteiger partial charge on any atom is -0.287 e. The quantitative estimate of drug-likeness (QED) is 0.499. The van der Waals surface area contributed by atoms with Crippen molar-refractivity contribution in [1.29, 1.82) is 0 Å². The molecule has 0 saturated heterocycles. The molecule has 0 fully saturated rings. The number of para-hydroxylation sites is 1. The number of aromatic nitrogens is 2. The summed E-state index contributed by atoms with van der Waals surface area (Å²) in [7, 11) is 0. The van der Waals surface area contributed by atoms with Crippen LogP contribution in [-0.4, -0.2) is 9.55 Å². The maximum atomic E-state index is 12.5. The Kier molecular flexibility index (Phi) is 4.64. The van der Waals surface area contributed by atoms with Gasteiger partial charge in [0.25, 0.3) is 5.56 Å². The minimum atomic E-state index is 0.0337. The van der Waals surface area contributed by atoms with Gasteiger partial charge in [-0.3, -0.25) is 9.36 Å². The first-order chi connectivity index (χ1) is 10.7. The van der Waals surface area contributed by atoms with Crippen LogP contribution in [0.5, 0.6) is 0 Å². The van der Waals surface area contributed by atoms with Crippen LogP contribution in [0.15, 0.2) is 63.0 Å².